The predicted octanol–water partition coefficient (Wildman–Crippen LogP) is 2.92. The summed E-state index contributed by atoms with van der Waals surface area (Å²) in [5.74, 6) is 2.25. The highest BCUT2D eigenvalue weighted by atomic mass is 16.7. The largest absolute Gasteiger partial charge is 0.387 e. The molecule has 2 saturated carbocycles. The second kappa shape index (κ2) is 6.08. The summed E-state index contributed by atoms with van der Waals surface area (Å²) >= 11 is 0. The molecule has 1 heterocycles. The number of nitrogens with one attached hydrogen (secondary N) is 1. The Kier molecular flexibility index (Phi) is 4.22. The zero-order valence-electron chi connectivity index (χ0n) is 16.5. The molecule has 5 nitrogen and oxygen atoms in total. The molecule has 5 heteroatoms. The van der Waals surface area contributed by atoms with Gasteiger partial charge in [0, 0.05) is 43.1 Å². The number of hydroxylamine groups is 2. The Labute approximate surface area is 156 Å². The SMILES string of the molecule is CON(C)C(=O)[C@H]1CC[C@H]2[C@@H]3CNC4=CC(=O)CC[C@]4(C)[C@H]3CC[C@]12C. The van der Waals surface area contributed by atoms with Gasteiger partial charge in [0.1, 0.15) is 0 Å². The zero-order valence-corrected chi connectivity index (χ0v) is 16.5. The Morgan fingerprint density at radius 2 is 2.00 bits per heavy atom. The Hall–Kier alpha value is -1.36. The van der Waals surface area contributed by atoms with E-state index in [4.69, 9.17) is 4.84 Å². The molecule has 1 amide bonds. The molecular weight excluding hydrogens is 328 g/mol. The molecule has 4 aliphatic rings. The summed E-state index contributed by atoms with van der Waals surface area (Å²) in [6.45, 7) is 5.64. The average Bonchev–Trinajstić information content (AvgIpc) is 2.98. The molecule has 0 radical (unpaired) electrons. The van der Waals surface area contributed by atoms with Crippen molar-refractivity contribution in [3.05, 3.63) is 11.8 Å². The van der Waals surface area contributed by atoms with Gasteiger partial charge in [0.05, 0.1) is 7.11 Å². The maximum Gasteiger partial charge on any atom is 0.249 e. The van der Waals surface area contributed by atoms with Gasteiger partial charge < -0.3 is 5.32 Å². The summed E-state index contributed by atoms with van der Waals surface area (Å²) in [6, 6.07) is 0. The van der Waals surface area contributed by atoms with Crippen LogP contribution in [-0.4, -0.2) is 37.5 Å². The highest BCUT2D eigenvalue weighted by Crippen LogP contribution is 2.64. The number of rotatable bonds is 2. The maximum atomic E-state index is 12.9. The molecule has 1 saturated heterocycles. The molecule has 26 heavy (non-hydrogen) atoms. The smallest absolute Gasteiger partial charge is 0.249 e. The maximum absolute atomic E-state index is 12.9. The molecule has 3 aliphatic carbocycles. The van der Waals surface area contributed by atoms with Gasteiger partial charge in [-0.3, -0.25) is 14.4 Å². The molecule has 6 atom stereocenters. The van der Waals surface area contributed by atoms with E-state index in [2.05, 4.69) is 19.2 Å². The van der Waals surface area contributed by atoms with E-state index in [1.54, 1.807) is 14.2 Å². The van der Waals surface area contributed by atoms with E-state index in [1.165, 1.54) is 10.8 Å². The summed E-state index contributed by atoms with van der Waals surface area (Å²) in [7, 11) is 3.29. The molecule has 0 unspecified atom stereocenters. The van der Waals surface area contributed by atoms with Crippen LogP contribution >= 0.6 is 0 Å². The normalized spacial score (nSPS) is 44.3. The fourth-order valence-corrected chi connectivity index (χ4v) is 6.86. The minimum absolute atomic E-state index is 0.0643. The molecule has 4 rings (SSSR count). The fourth-order valence-electron chi connectivity index (χ4n) is 6.86. The van der Waals surface area contributed by atoms with E-state index in [1.807, 2.05) is 6.08 Å². The predicted molar refractivity (Wildman–Crippen MR) is 98.7 cm³/mol. The van der Waals surface area contributed by atoms with Crippen molar-refractivity contribution in [3.63, 3.8) is 0 Å². The third-order valence-electron chi connectivity index (χ3n) is 8.48. The average molecular weight is 360 g/mol. The highest BCUT2D eigenvalue weighted by molar-refractivity contribution is 5.91. The number of ketones is 1. The third-order valence-corrected chi connectivity index (χ3v) is 8.48. The standard InChI is InChI=1S/C21H32N2O3/c1-20-10-8-16-14(12-22-18-11-13(24)7-9-21(16,18)2)15(20)5-6-17(20)19(25)23(3)26-4/h11,14-17,22H,5-10,12H2,1-4H3/t14-,15-,16-,17+,20-,21+/m0/s1. The van der Waals surface area contributed by atoms with Crippen LogP contribution in [0.25, 0.3) is 0 Å². The van der Waals surface area contributed by atoms with Crippen molar-refractivity contribution in [1.82, 2.24) is 10.4 Å². The number of nitrogens with zero attached hydrogens (tertiary/aromatic N) is 1. The zero-order chi connectivity index (χ0) is 18.7. The van der Waals surface area contributed by atoms with E-state index in [0.29, 0.717) is 24.2 Å². The van der Waals surface area contributed by atoms with Crippen LogP contribution in [0.3, 0.4) is 0 Å². The molecule has 3 fully saturated rings. The van der Waals surface area contributed by atoms with E-state index >= 15 is 0 Å². The number of amides is 1. The highest BCUT2D eigenvalue weighted by Gasteiger charge is 2.60. The minimum Gasteiger partial charge on any atom is -0.387 e. The molecule has 0 aromatic rings. The number of fused-ring (bicyclic) bond motifs is 5. The lowest BCUT2D eigenvalue weighted by molar-refractivity contribution is -0.179. The van der Waals surface area contributed by atoms with E-state index in [-0.39, 0.29) is 28.4 Å². The van der Waals surface area contributed by atoms with Gasteiger partial charge in [-0.25, -0.2) is 5.06 Å². The van der Waals surface area contributed by atoms with Crippen molar-refractivity contribution < 1.29 is 14.4 Å². The quantitative estimate of drug-likeness (QED) is 0.769. The van der Waals surface area contributed by atoms with Crippen molar-refractivity contribution in [3.8, 4) is 0 Å². The first-order valence-corrected chi connectivity index (χ1v) is 10.1. The lowest BCUT2D eigenvalue weighted by Crippen LogP contribution is -2.57. The summed E-state index contributed by atoms with van der Waals surface area (Å²) in [6.07, 6.45) is 7.85. The summed E-state index contributed by atoms with van der Waals surface area (Å²) in [5, 5.41) is 5.03. The first-order chi connectivity index (χ1) is 12.3. The first kappa shape index (κ1) is 18.0. The van der Waals surface area contributed by atoms with Crippen molar-refractivity contribution >= 4 is 11.7 Å². The van der Waals surface area contributed by atoms with E-state index in [9.17, 15) is 9.59 Å². The van der Waals surface area contributed by atoms with Crippen LogP contribution in [-0.2, 0) is 14.4 Å². The van der Waals surface area contributed by atoms with Crippen LogP contribution < -0.4 is 5.32 Å². The number of hydrogen-bond acceptors (Lipinski definition) is 4. The van der Waals surface area contributed by atoms with Crippen LogP contribution in [0.5, 0.6) is 0 Å². The molecule has 0 aromatic carbocycles. The number of carbonyl (C=O) groups excluding carboxylic acids is 2. The molecular formula is C21H32N2O3. The minimum atomic E-state index is 0.0643. The third kappa shape index (κ3) is 2.39. The number of carbonyl (C=O) groups is 2. The van der Waals surface area contributed by atoms with Crippen LogP contribution in [0.15, 0.2) is 11.8 Å². The Morgan fingerprint density at radius 3 is 2.73 bits per heavy atom. The number of allylic oxidation sites excluding steroid dienone is 2. The second-order valence-corrected chi connectivity index (χ2v) is 9.39. The van der Waals surface area contributed by atoms with Crippen molar-refractivity contribution in [2.75, 3.05) is 20.7 Å². The molecule has 144 valence electrons. The lowest BCUT2D eigenvalue weighted by Gasteiger charge is -2.58. The molecule has 1 N–H and O–H groups in total. The fraction of sp³-hybridized carbons (Fsp3) is 0.810. The Bertz CT molecular complexity index is 660. The van der Waals surface area contributed by atoms with Crippen molar-refractivity contribution in [1.29, 1.82) is 0 Å². The molecule has 0 spiro atoms. The molecule has 0 aromatic heterocycles. The summed E-state index contributed by atoms with van der Waals surface area (Å²) < 4.78 is 0. The summed E-state index contributed by atoms with van der Waals surface area (Å²) in [4.78, 5) is 29.9. The van der Waals surface area contributed by atoms with Crippen LogP contribution in [0.1, 0.15) is 52.4 Å². The van der Waals surface area contributed by atoms with Gasteiger partial charge in [-0.2, -0.15) is 0 Å². The van der Waals surface area contributed by atoms with Gasteiger partial charge in [-0.1, -0.05) is 13.8 Å². The van der Waals surface area contributed by atoms with Crippen LogP contribution in [0.2, 0.25) is 0 Å². The van der Waals surface area contributed by atoms with Crippen molar-refractivity contribution in [2.45, 2.75) is 52.4 Å². The Morgan fingerprint density at radius 1 is 1.23 bits per heavy atom. The topological polar surface area (TPSA) is 58.6 Å². The Balaban J connectivity index is 1.61. The number of hydrogen-bond donors (Lipinski definition) is 1. The van der Waals surface area contributed by atoms with Crippen molar-refractivity contribution in [2.24, 2.45) is 34.5 Å². The summed E-state index contributed by atoms with van der Waals surface area (Å²) in [5.41, 5.74) is 1.33. The number of piperidine rings is 1. The van der Waals surface area contributed by atoms with Crippen LogP contribution in [0.4, 0.5) is 0 Å². The van der Waals surface area contributed by atoms with E-state index in [0.717, 1.165) is 38.6 Å². The van der Waals surface area contributed by atoms with Gasteiger partial charge in [0.25, 0.3) is 0 Å². The van der Waals surface area contributed by atoms with E-state index < -0.39 is 0 Å². The van der Waals surface area contributed by atoms with Gasteiger partial charge in [-0.15, -0.1) is 0 Å². The molecule has 1 aliphatic heterocycles. The van der Waals surface area contributed by atoms with Crippen LogP contribution in [0, 0.1) is 34.5 Å². The van der Waals surface area contributed by atoms with Gasteiger partial charge in [0.15, 0.2) is 5.78 Å². The monoisotopic (exact) mass is 360 g/mol. The van der Waals surface area contributed by atoms with Gasteiger partial charge in [-0.05, 0) is 55.3 Å². The van der Waals surface area contributed by atoms with Gasteiger partial charge >= 0.3 is 0 Å². The second-order valence-electron chi connectivity index (χ2n) is 9.39. The van der Waals surface area contributed by atoms with Gasteiger partial charge in [0.2, 0.25) is 5.91 Å². The molecule has 0 bridgehead atoms. The first-order valence-electron chi connectivity index (χ1n) is 10.1. The lowest BCUT2D eigenvalue weighted by atomic mass is 9.50.